The van der Waals surface area contributed by atoms with Crippen LogP contribution in [0.15, 0.2) is 42.9 Å². The maximum absolute atomic E-state index is 13.9. The molecule has 1 aliphatic heterocycles. The number of halogens is 7. The summed E-state index contributed by atoms with van der Waals surface area (Å²) in [5, 5.41) is 14.2. The quantitative estimate of drug-likeness (QED) is 0.542. The van der Waals surface area contributed by atoms with Gasteiger partial charge in [-0.3, -0.25) is 9.88 Å². The minimum atomic E-state index is -5.08. The van der Waals surface area contributed by atoms with E-state index in [1.807, 2.05) is 12.1 Å². The number of fused-ring (bicyclic) bond motifs is 2. The van der Waals surface area contributed by atoms with E-state index in [0.29, 0.717) is 6.61 Å². The Balaban J connectivity index is 0.000000301. The molecule has 16 heteroatoms. The van der Waals surface area contributed by atoms with Gasteiger partial charge in [0.25, 0.3) is 5.88 Å². The molecule has 3 unspecified atom stereocenters. The Hall–Kier alpha value is -3.53. The summed E-state index contributed by atoms with van der Waals surface area (Å²) in [7, 11) is 0. The Bertz CT molecular complexity index is 1030. The van der Waals surface area contributed by atoms with Crippen molar-refractivity contribution in [2.24, 2.45) is 0 Å². The third kappa shape index (κ3) is 9.41. The molecule has 3 heterocycles. The van der Waals surface area contributed by atoms with E-state index in [-0.39, 0.29) is 24.1 Å². The number of aromatic nitrogens is 2. The molecule has 1 aliphatic carbocycles. The number of carboxylic acid groups (broad SMARTS) is 2. The molecule has 2 aromatic rings. The molecular weight excluding hydrogens is 535 g/mol. The molecule has 1 saturated carbocycles. The average Bonchev–Trinajstić information content (AvgIpc) is 3.14. The van der Waals surface area contributed by atoms with Crippen molar-refractivity contribution in [3.05, 3.63) is 54.2 Å². The van der Waals surface area contributed by atoms with Crippen molar-refractivity contribution < 1.29 is 60.0 Å². The number of alkyl halides is 6. The topological polar surface area (TPSA) is 122 Å². The molecule has 210 valence electrons. The summed E-state index contributed by atoms with van der Waals surface area (Å²) in [5.74, 6) is -5.88. The van der Waals surface area contributed by atoms with Crippen molar-refractivity contribution >= 4 is 11.9 Å². The Morgan fingerprint density at radius 3 is 2.11 bits per heavy atom. The second kappa shape index (κ2) is 13.3. The van der Waals surface area contributed by atoms with E-state index >= 15 is 0 Å². The van der Waals surface area contributed by atoms with Crippen molar-refractivity contribution in [3.8, 4) is 5.88 Å². The molecule has 9 nitrogen and oxygen atoms in total. The van der Waals surface area contributed by atoms with Crippen LogP contribution >= 0.6 is 0 Å². The lowest BCUT2D eigenvalue weighted by Crippen LogP contribution is -2.44. The molecule has 0 aromatic carbocycles. The van der Waals surface area contributed by atoms with Gasteiger partial charge >= 0.3 is 24.3 Å². The zero-order valence-electron chi connectivity index (χ0n) is 19.3. The van der Waals surface area contributed by atoms with E-state index in [4.69, 9.17) is 29.3 Å². The van der Waals surface area contributed by atoms with E-state index in [0.717, 1.165) is 25.9 Å². The van der Waals surface area contributed by atoms with Gasteiger partial charge in [0.05, 0.1) is 12.7 Å². The monoisotopic (exact) mass is 557 g/mol. The van der Waals surface area contributed by atoms with Gasteiger partial charge in [-0.15, -0.1) is 0 Å². The third-order valence-electron chi connectivity index (χ3n) is 5.26. The summed E-state index contributed by atoms with van der Waals surface area (Å²) in [6.07, 6.45) is -3.30. The van der Waals surface area contributed by atoms with E-state index in [1.54, 1.807) is 24.7 Å². The highest BCUT2D eigenvalue weighted by atomic mass is 19.4. The predicted octanol–water partition coefficient (Wildman–Crippen LogP) is 3.69. The van der Waals surface area contributed by atoms with Gasteiger partial charge in [-0.1, -0.05) is 0 Å². The molecule has 38 heavy (non-hydrogen) atoms. The fourth-order valence-corrected chi connectivity index (χ4v) is 3.63. The van der Waals surface area contributed by atoms with Crippen LogP contribution in [0.25, 0.3) is 0 Å². The highest BCUT2D eigenvalue weighted by Gasteiger charge is 2.44. The van der Waals surface area contributed by atoms with Gasteiger partial charge in [0.15, 0.2) is 5.82 Å². The SMILES string of the molecule is Fc1cccnc1OC1C2CCC1N(Cc1ccncc1)CCO2.O=C(O)C(F)(F)F.O=C(O)C(F)(F)F. The first kappa shape index (κ1) is 30.7. The van der Waals surface area contributed by atoms with Crippen LogP contribution in [0.2, 0.25) is 0 Å². The Labute approximate surface area is 210 Å². The second-order valence-electron chi connectivity index (χ2n) is 7.86. The van der Waals surface area contributed by atoms with Crippen molar-refractivity contribution in [3.63, 3.8) is 0 Å². The standard InChI is InChI=1S/C18H20FN3O2.2C2HF3O2/c19-14-2-1-7-21-18(14)24-17-15-3-4-16(17)23-11-10-22(15)12-13-5-8-20-9-6-13;2*3-2(4,5)1(6)7/h1-2,5-9,15-17H,3-4,10-12H2;2*(H,6,7). The van der Waals surface area contributed by atoms with Crippen LogP contribution in [-0.2, 0) is 20.9 Å². The van der Waals surface area contributed by atoms with Gasteiger partial charge in [0, 0.05) is 37.7 Å². The van der Waals surface area contributed by atoms with Crippen molar-refractivity contribution in [2.45, 2.75) is 50.0 Å². The average molecular weight is 557 g/mol. The number of carbonyl (C=O) groups is 2. The van der Waals surface area contributed by atoms with E-state index in [9.17, 15) is 30.7 Å². The maximum Gasteiger partial charge on any atom is 0.490 e. The van der Waals surface area contributed by atoms with Gasteiger partial charge in [-0.2, -0.15) is 26.3 Å². The van der Waals surface area contributed by atoms with Crippen molar-refractivity contribution in [1.29, 1.82) is 0 Å². The normalized spacial score (nSPS) is 21.2. The molecular formula is C22H22F7N3O6. The van der Waals surface area contributed by atoms with Gasteiger partial charge in [0.2, 0.25) is 0 Å². The molecule has 2 N–H and O–H groups in total. The van der Waals surface area contributed by atoms with Crippen molar-refractivity contribution in [2.75, 3.05) is 13.2 Å². The van der Waals surface area contributed by atoms with E-state index in [2.05, 4.69) is 14.9 Å². The number of pyridine rings is 2. The lowest BCUT2D eigenvalue weighted by atomic mass is 10.1. The number of ether oxygens (including phenoxy) is 2. The second-order valence-corrected chi connectivity index (χ2v) is 7.86. The molecule has 0 amide bonds. The zero-order valence-corrected chi connectivity index (χ0v) is 19.3. The zero-order chi connectivity index (χ0) is 28.5. The maximum atomic E-state index is 13.9. The van der Waals surface area contributed by atoms with Gasteiger partial charge in [-0.25, -0.2) is 19.0 Å². The number of hydrogen-bond acceptors (Lipinski definition) is 7. The first-order valence-electron chi connectivity index (χ1n) is 10.8. The number of hydrogen-bond donors (Lipinski definition) is 2. The first-order chi connectivity index (χ1) is 17.7. The van der Waals surface area contributed by atoms with Gasteiger partial charge < -0.3 is 19.7 Å². The Kier molecular flexibility index (Phi) is 10.8. The van der Waals surface area contributed by atoms with Crippen LogP contribution in [0.4, 0.5) is 30.7 Å². The van der Waals surface area contributed by atoms with Crippen LogP contribution in [-0.4, -0.2) is 80.8 Å². The Morgan fingerprint density at radius 2 is 1.58 bits per heavy atom. The molecule has 2 aliphatic rings. The van der Waals surface area contributed by atoms with Gasteiger partial charge in [-0.05, 0) is 42.7 Å². The highest BCUT2D eigenvalue weighted by Crippen LogP contribution is 2.33. The number of rotatable bonds is 4. The molecule has 4 rings (SSSR count). The number of nitrogens with zero attached hydrogens (tertiary/aromatic N) is 3. The predicted molar refractivity (Wildman–Crippen MR) is 113 cm³/mol. The van der Waals surface area contributed by atoms with Crippen LogP contribution in [0.1, 0.15) is 18.4 Å². The molecule has 3 atom stereocenters. The minimum absolute atomic E-state index is 0.00107. The fraction of sp³-hybridized carbons (Fsp3) is 0.455. The van der Waals surface area contributed by atoms with Gasteiger partial charge in [0.1, 0.15) is 6.10 Å². The Morgan fingerprint density at radius 1 is 1.00 bits per heavy atom. The lowest BCUT2D eigenvalue weighted by molar-refractivity contribution is -0.193. The number of aliphatic carboxylic acids is 2. The first-order valence-corrected chi connectivity index (χ1v) is 10.8. The van der Waals surface area contributed by atoms with Crippen LogP contribution in [0.5, 0.6) is 5.88 Å². The summed E-state index contributed by atoms with van der Waals surface area (Å²) in [6.45, 7) is 2.32. The number of carboxylic acids is 2. The van der Waals surface area contributed by atoms with E-state index < -0.39 is 30.1 Å². The van der Waals surface area contributed by atoms with Crippen LogP contribution in [0.3, 0.4) is 0 Å². The minimum Gasteiger partial charge on any atom is -0.475 e. The molecule has 0 spiro atoms. The smallest absolute Gasteiger partial charge is 0.475 e. The summed E-state index contributed by atoms with van der Waals surface area (Å²) >= 11 is 0. The van der Waals surface area contributed by atoms with Crippen molar-refractivity contribution in [1.82, 2.24) is 14.9 Å². The summed E-state index contributed by atoms with van der Waals surface area (Å²) in [5.41, 5.74) is 1.21. The highest BCUT2D eigenvalue weighted by molar-refractivity contribution is 5.73. The largest absolute Gasteiger partial charge is 0.490 e. The molecule has 1 saturated heterocycles. The van der Waals surface area contributed by atoms with E-state index in [1.165, 1.54) is 11.6 Å². The van der Waals surface area contributed by atoms with Crippen LogP contribution in [0, 0.1) is 5.82 Å². The molecule has 2 aromatic heterocycles. The summed E-state index contributed by atoms with van der Waals surface area (Å²) in [4.78, 5) is 28.3. The fourth-order valence-electron chi connectivity index (χ4n) is 3.63. The molecule has 2 fully saturated rings. The molecule has 0 radical (unpaired) electrons. The third-order valence-corrected chi connectivity index (χ3v) is 5.26. The summed E-state index contributed by atoms with van der Waals surface area (Å²) < 4.78 is 89.3. The molecule has 2 bridgehead atoms. The summed E-state index contributed by atoms with van der Waals surface area (Å²) in [6, 6.07) is 7.18. The van der Waals surface area contributed by atoms with Crippen LogP contribution < -0.4 is 4.74 Å². The lowest BCUT2D eigenvalue weighted by Gasteiger charge is -2.31.